The Morgan fingerprint density at radius 3 is 2.44 bits per heavy atom. The van der Waals surface area contributed by atoms with Crippen LogP contribution in [0.4, 0.5) is 20.5 Å². The first kappa shape index (κ1) is 31.8. The number of imidazole rings is 2. The van der Waals surface area contributed by atoms with Gasteiger partial charge in [-0.2, -0.15) is 4.98 Å². The first-order chi connectivity index (χ1) is 21.4. The molecule has 0 amide bonds. The Morgan fingerprint density at radius 2 is 1.73 bits per heavy atom. The maximum Gasteiger partial charge on any atom is 0.695 e. The van der Waals surface area contributed by atoms with Crippen LogP contribution in [0.3, 0.4) is 0 Å². The molecule has 0 aromatic carbocycles. The van der Waals surface area contributed by atoms with Crippen molar-refractivity contribution in [2.24, 2.45) is 0 Å². The summed E-state index contributed by atoms with van der Waals surface area (Å²) in [7, 11) is -3.33. The van der Waals surface area contributed by atoms with Crippen molar-refractivity contribution < 1.29 is 51.3 Å². The van der Waals surface area contributed by atoms with Gasteiger partial charge in [-0.3, -0.25) is 23.4 Å². The van der Waals surface area contributed by atoms with Gasteiger partial charge in [0, 0.05) is 4.57 Å². The normalized spacial score (nSPS) is 30.3. The number of nitrogens with zero attached hydrogens (tertiary/aromatic N) is 7. The zero-order valence-electron chi connectivity index (χ0n) is 22.3. The third-order valence-electron chi connectivity index (χ3n) is 6.97. The van der Waals surface area contributed by atoms with Gasteiger partial charge in [0.05, 0.1) is 25.9 Å². The Hall–Kier alpha value is -3.21. The van der Waals surface area contributed by atoms with Crippen LogP contribution in [0.5, 0.6) is 0 Å². The van der Waals surface area contributed by atoms with Crippen molar-refractivity contribution in [1.82, 2.24) is 39.0 Å². The number of aliphatic hydroxyl groups excluding tert-OH is 1. The van der Waals surface area contributed by atoms with Crippen LogP contribution in [-0.2, 0) is 39.4 Å². The van der Waals surface area contributed by atoms with E-state index in [0.717, 1.165) is 21.8 Å². The quantitative estimate of drug-likeness (QED) is 0.111. The van der Waals surface area contributed by atoms with Gasteiger partial charge in [0.15, 0.2) is 53.5 Å². The number of alkyl halides is 2. The van der Waals surface area contributed by atoms with Gasteiger partial charge in [-0.05, 0) is 11.8 Å². The topological polar surface area (TPSA) is 283 Å². The minimum Gasteiger partial charge on any atom is -0.394 e. The van der Waals surface area contributed by atoms with Crippen LogP contribution in [0.15, 0.2) is 23.8 Å². The maximum atomic E-state index is 15.6. The predicted molar refractivity (Wildman–Crippen MR) is 149 cm³/mol. The molecule has 2 aliphatic heterocycles. The Bertz CT molecular complexity index is 1870. The maximum absolute atomic E-state index is 15.6. The summed E-state index contributed by atoms with van der Waals surface area (Å²) in [6.45, 7) is -6.02. The first-order valence-corrected chi connectivity index (χ1v) is 16.4. The van der Waals surface area contributed by atoms with Gasteiger partial charge >= 0.3 is 15.0 Å². The molecule has 20 nitrogen and oxygen atoms in total. The number of hydrogen-bond donors (Lipinski definition) is 6. The van der Waals surface area contributed by atoms with Gasteiger partial charge in [-0.25, -0.2) is 28.7 Å². The molecule has 8 N–H and O–H groups in total. The number of nitrogens with one attached hydrogen (secondary N) is 1. The molecule has 4 aromatic heterocycles. The minimum atomic E-state index is -4.46. The smallest absolute Gasteiger partial charge is 0.394 e. The lowest BCUT2D eigenvalue weighted by molar-refractivity contribution is -0.0542. The van der Waals surface area contributed by atoms with Crippen molar-refractivity contribution in [2.75, 3.05) is 24.7 Å². The fourth-order valence-electron chi connectivity index (χ4n) is 5.00. The fraction of sp³-hybridized carbons (Fsp3) is 0.500. The number of H-pyrrole nitrogens is 1. The number of anilines is 2. The van der Waals surface area contributed by atoms with Crippen LogP contribution in [0.25, 0.3) is 22.3 Å². The van der Waals surface area contributed by atoms with Gasteiger partial charge in [-0.1, -0.05) is 0 Å². The zero-order chi connectivity index (χ0) is 32.2. The lowest BCUT2D eigenvalue weighted by Crippen LogP contribution is -2.34. The highest BCUT2D eigenvalue weighted by molar-refractivity contribution is 8.07. The number of aromatic amines is 1. The Balaban J connectivity index is 1.22. The average molecular weight is 695 g/mol. The summed E-state index contributed by atoms with van der Waals surface area (Å²) < 4.78 is 71.8. The number of nitrogen functional groups attached to an aromatic ring is 2. The Kier molecular flexibility index (Phi) is 8.60. The van der Waals surface area contributed by atoms with Crippen molar-refractivity contribution in [3.8, 4) is 0 Å². The fourth-order valence-corrected chi connectivity index (χ4v) is 6.86. The number of aliphatic hydroxyl groups is 1. The van der Waals surface area contributed by atoms with E-state index in [2.05, 4.69) is 29.9 Å². The van der Waals surface area contributed by atoms with Gasteiger partial charge in [0.2, 0.25) is 5.95 Å². The number of aromatic nitrogens is 8. The molecule has 2 aliphatic rings. The van der Waals surface area contributed by atoms with E-state index in [1.807, 2.05) is 0 Å². The summed E-state index contributed by atoms with van der Waals surface area (Å²) in [5, 5.41) is 9.65. The molecule has 45 heavy (non-hydrogen) atoms. The molecule has 25 heteroatoms. The molecule has 4 aromatic rings. The highest BCUT2D eigenvalue weighted by Gasteiger charge is 2.53. The van der Waals surface area contributed by atoms with E-state index in [0.29, 0.717) is 0 Å². The number of nitrogens with two attached hydrogens (primary N) is 2. The van der Waals surface area contributed by atoms with Crippen molar-refractivity contribution >= 4 is 60.9 Å². The summed E-state index contributed by atoms with van der Waals surface area (Å²) >= 11 is 5.08. The van der Waals surface area contributed by atoms with Crippen LogP contribution < -0.4 is 17.0 Å². The van der Waals surface area contributed by atoms with Crippen molar-refractivity contribution in [2.45, 2.75) is 49.2 Å². The number of ether oxygens (including phenoxy) is 2. The molecule has 242 valence electrons. The Labute approximate surface area is 254 Å². The number of hydrogen-bond acceptors (Lipinski definition) is 16. The van der Waals surface area contributed by atoms with Gasteiger partial charge in [0.25, 0.3) is 5.56 Å². The monoisotopic (exact) mass is 695 g/mol. The van der Waals surface area contributed by atoms with E-state index in [9.17, 15) is 24.3 Å². The van der Waals surface area contributed by atoms with Crippen molar-refractivity contribution in [3.05, 3.63) is 29.3 Å². The molecule has 0 aliphatic carbocycles. The summed E-state index contributed by atoms with van der Waals surface area (Å²) in [6.07, 6.45) is -10.2. The zero-order valence-corrected chi connectivity index (χ0v) is 24.9. The molecule has 0 bridgehead atoms. The molecule has 6 heterocycles. The molecule has 2 fully saturated rings. The standard InChI is InChI=1S/C20H22F2N10O10P2S/c21-8-6(1-33)39-19(32-5-28-11-16(32)29-20(24)30-17(11)34)13(8)42-44(37,45)38-2-7-12(41-43(35)36)9(22)18(40-7)31-4-27-10-14(23)25-3-26-15(10)31/h3-9,12-13,18-19,33H,1-2H2,(H6-,23,24,25,26,29,30,34,35,36,37,45)/p+1/t6-,7-,8-,9-,12-,13-,18-,19-,44?/m1/s1. The summed E-state index contributed by atoms with van der Waals surface area (Å²) in [5.74, 6) is -0.271. The molecule has 0 saturated carbocycles. The van der Waals surface area contributed by atoms with Gasteiger partial charge in [-0.15, -0.1) is 9.42 Å². The summed E-state index contributed by atoms with van der Waals surface area (Å²) in [4.78, 5) is 54.5. The third kappa shape index (κ3) is 5.92. The number of halogens is 2. The summed E-state index contributed by atoms with van der Waals surface area (Å²) in [5.41, 5.74) is 10.7. The van der Waals surface area contributed by atoms with Gasteiger partial charge in [0.1, 0.15) is 30.2 Å². The van der Waals surface area contributed by atoms with Crippen LogP contribution in [-0.4, -0.2) is 104 Å². The van der Waals surface area contributed by atoms with Crippen LogP contribution in [0, 0.1) is 0 Å². The minimum absolute atomic E-state index is 0.00920. The van der Waals surface area contributed by atoms with E-state index in [1.165, 1.54) is 6.33 Å². The lowest BCUT2D eigenvalue weighted by Gasteiger charge is -2.26. The molecular weight excluding hydrogens is 672 g/mol. The first-order valence-electron chi connectivity index (χ1n) is 12.7. The predicted octanol–water partition coefficient (Wildman–Crippen LogP) is -0.759. The third-order valence-corrected chi connectivity index (χ3v) is 8.95. The van der Waals surface area contributed by atoms with Crippen LogP contribution in [0.2, 0.25) is 0 Å². The second-order valence-corrected chi connectivity index (χ2v) is 13.2. The van der Waals surface area contributed by atoms with E-state index in [-0.39, 0.29) is 34.1 Å². The van der Waals surface area contributed by atoms with E-state index in [1.54, 1.807) is 0 Å². The molecule has 10 atom stereocenters. The molecule has 6 rings (SSSR count). The molecule has 0 spiro atoms. The van der Waals surface area contributed by atoms with E-state index < -0.39 is 83.0 Å². The largest absolute Gasteiger partial charge is 0.695 e. The van der Waals surface area contributed by atoms with Crippen molar-refractivity contribution in [3.63, 3.8) is 0 Å². The Morgan fingerprint density at radius 1 is 1.04 bits per heavy atom. The molecular formula is C20H23F2N10O10P2S+. The van der Waals surface area contributed by atoms with E-state index in [4.69, 9.17) is 46.3 Å². The molecule has 2 saturated heterocycles. The molecule has 0 radical (unpaired) electrons. The molecule has 2 unspecified atom stereocenters. The van der Waals surface area contributed by atoms with Gasteiger partial charge < -0.3 is 35.5 Å². The lowest BCUT2D eigenvalue weighted by atomic mass is 10.1. The van der Waals surface area contributed by atoms with Crippen LogP contribution >= 0.6 is 15.0 Å². The highest BCUT2D eigenvalue weighted by Crippen LogP contribution is 2.51. The van der Waals surface area contributed by atoms with E-state index >= 15 is 8.78 Å². The number of fused-ring (bicyclic) bond motifs is 2. The highest BCUT2D eigenvalue weighted by atomic mass is 32.5. The summed E-state index contributed by atoms with van der Waals surface area (Å²) in [6, 6.07) is 0. The van der Waals surface area contributed by atoms with Crippen LogP contribution in [0.1, 0.15) is 12.5 Å². The number of rotatable bonds is 10. The second-order valence-electron chi connectivity index (χ2n) is 9.70. The van der Waals surface area contributed by atoms with Crippen molar-refractivity contribution in [1.29, 1.82) is 0 Å². The SMILES string of the molecule is Nc1nc2c(ncn2[C@@H]2O[C@H](CO)[C@@H](F)[C@H]2OP(O)(=S)OC[C@H]2O[C@@H](n3cnc4c(N)ncnc43)[C@H](F)[C@@H]2O[P+](=O)O)c(=O)[nH]1. The second kappa shape index (κ2) is 12.2. The average Bonchev–Trinajstić information content (AvgIpc) is 3.73.